The third kappa shape index (κ3) is 7.05. The molecule has 0 spiro atoms. The highest BCUT2D eigenvalue weighted by atomic mass is 19.1. The second-order valence-corrected chi connectivity index (χ2v) is 10.1. The molecule has 0 aromatic heterocycles. The van der Waals surface area contributed by atoms with Gasteiger partial charge >= 0.3 is 0 Å². The minimum atomic E-state index is -1.78. The molecule has 3 aromatic carbocycles. The van der Waals surface area contributed by atoms with Crippen molar-refractivity contribution in [3.63, 3.8) is 0 Å². The number of nitrogens with zero attached hydrogens (tertiary/aromatic N) is 1. The van der Waals surface area contributed by atoms with Crippen molar-refractivity contribution in [3.8, 4) is 17.2 Å². The summed E-state index contributed by atoms with van der Waals surface area (Å²) in [7, 11) is 0. The van der Waals surface area contributed by atoms with E-state index in [1.165, 1.54) is 31.5 Å². The van der Waals surface area contributed by atoms with Gasteiger partial charge in [0.15, 0.2) is 0 Å². The molecule has 0 bridgehead atoms. The summed E-state index contributed by atoms with van der Waals surface area (Å²) in [6.07, 6.45) is 3.92. The van der Waals surface area contributed by atoms with Crippen molar-refractivity contribution in [2.75, 3.05) is 11.9 Å². The van der Waals surface area contributed by atoms with Crippen LogP contribution in [0, 0.1) is 17.1 Å². The van der Waals surface area contributed by atoms with Crippen molar-refractivity contribution in [2.45, 2.75) is 64.6 Å². The topological polar surface area (TPSA) is 47.9 Å². The van der Waals surface area contributed by atoms with Gasteiger partial charge in [0, 0.05) is 29.0 Å². The number of nitriles is 1. The van der Waals surface area contributed by atoms with Crippen molar-refractivity contribution < 1.29 is 8.78 Å². The minimum absolute atomic E-state index is 0.0185. The lowest BCUT2D eigenvalue weighted by Gasteiger charge is -2.36. The third-order valence-corrected chi connectivity index (χ3v) is 6.68. The van der Waals surface area contributed by atoms with Crippen molar-refractivity contribution in [2.24, 2.45) is 0 Å². The van der Waals surface area contributed by atoms with Crippen LogP contribution in [0.15, 0.2) is 79.0 Å². The number of anilines is 1. The van der Waals surface area contributed by atoms with Crippen LogP contribution >= 0.6 is 0 Å². The minimum Gasteiger partial charge on any atom is -0.358 e. The van der Waals surface area contributed by atoms with Crippen LogP contribution < -0.4 is 10.6 Å². The van der Waals surface area contributed by atoms with E-state index in [9.17, 15) is 14.0 Å². The van der Waals surface area contributed by atoms with Gasteiger partial charge in [-0.1, -0.05) is 69.7 Å². The SMILES string of the molecule is C=C(CNC(CCC)(CCC)c1ccc(-c2cccc(C#N)c2)cc1)Nc1ccc(F)c(C(C)(C)F)c1. The maximum atomic E-state index is 14.4. The summed E-state index contributed by atoms with van der Waals surface area (Å²) in [5, 5.41) is 16.2. The molecular formula is C32H37F2N3. The van der Waals surface area contributed by atoms with Crippen LogP contribution in [-0.2, 0) is 11.2 Å². The van der Waals surface area contributed by atoms with Gasteiger partial charge in [0.05, 0.1) is 11.6 Å². The molecule has 0 radical (unpaired) electrons. The standard InChI is InChI=1S/C32H37F2N3/c1-6-17-32(18-7-2,27-13-11-25(12-14-27)26-10-8-9-24(19-26)21-35)36-22-23(3)37-28-15-16-30(33)29(20-28)31(4,5)34/h8-16,19-20,36-37H,3,6-7,17-18,22H2,1-2,4-5H3. The second kappa shape index (κ2) is 12.2. The first kappa shape index (κ1) is 28.1. The number of benzene rings is 3. The Balaban J connectivity index is 1.80. The molecule has 5 heteroatoms. The quantitative estimate of drug-likeness (QED) is 0.261. The maximum absolute atomic E-state index is 14.4. The molecule has 0 atom stereocenters. The highest BCUT2D eigenvalue weighted by molar-refractivity contribution is 5.65. The van der Waals surface area contributed by atoms with E-state index in [0.29, 0.717) is 17.8 Å². The van der Waals surface area contributed by atoms with Gasteiger partial charge in [-0.3, -0.25) is 0 Å². The molecule has 3 aromatic rings. The van der Waals surface area contributed by atoms with E-state index in [0.717, 1.165) is 42.5 Å². The number of alkyl halides is 1. The van der Waals surface area contributed by atoms with E-state index in [2.05, 4.69) is 61.4 Å². The van der Waals surface area contributed by atoms with Crippen molar-refractivity contribution in [1.29, 1.82) is 5.26 Å². The summed E-state index contributed by atoms with van der Waals surface area (Å²) in [5.41, 5.74) is 3.25. The molecule has 37 heavy (non-hydrogen) atoms. The highest BCUT2D eigenvalue weighted by Gasteiger charge is 2.30. The lowest BCUT2D eigenvalue weighted by molar-refractivity contribution is 0.214. The fourth-order valence-corrected chi connectivity index (χ4v) is 4.88. The summed E-state index contributed by atoms with van der Waals surface area (Å²) < 4.78 is 28.5. The van der Waals surface area contributed by atoms with Crippen LogP contribution in [0.25, 0.3) is 11.1 Å². The summed E-state index contributed by atoms with van der Waals surface area (Å²) in [5.74, 6) is -0.561. The molecule has 0 aliphatic rings. The summed E-state index contributed by atoms with van der Waals surface area (Å²) in [4.78, 5) is 0. The molecule has 0 saturated carbocycles. The molecule has 0 aliphatic carbocycles. The Hall–Kier alpha value is -3.49. The first-order chi connectivity index (χ1) is 17.6. The summed E-state index contributed by atoms with van der Waals surface area (Å²) >= 11 is 0. The first-order valence-electron chi connectivity index (χ1n) is 12.9. The Morgan fingerprint density at radius 3 is 2.22 bits per heavy atom. The molecule has 0 unspecified atom stereocenters. The zero-order valence-electron chi connectivity index (χ0n) is 22.3. The molecule has 0 saturated heterocycles. The Morgan fingerprint density at radius 2 is 1.62 bits per heavy atom. The monoisotopic (exact) mass is 501 g/mol. The van der Waals surface area contributed by atoms with Gasteiger partial charge < -0.3 is 10.6 Å². The van der Waals surface area contributed by atoms with Crippen molar-refractivity contribution >= 4 is 5.69 Å². The van der Waals surface area contributed by atoms with Crippen LogP contribution in [0.4, 0.5) is 14.5 Å². The Labute approximate surface area is 220 Å². The molecule has 2 N–H and O–H groups in total. The van der Waals surface area contributed by atoms with Crippen LogP contribution in [0.5, 0.6) is 0 Å². The third-order valence-electron chi connectivity index (χ3n) is 6.68. The Bertz CT molecular complexity index is 1240. The van der Waals surface area contributed by atoms with Crippen LogP contribution in [0.2, 0.25) is 0 Å². The van der Waals surface area contributed by atoms with Gasteiger partial charge in [-0.2, -0.15) is 5.26 Å². The normalized spacial score (nSPS) is 11.7. The predicted molar refractivity (Wildman–Crippen MR) is 149 cm³/mol. The van der Waals surface area contributed by atoms with Crippen LogP contribution in [0.3, 0.4) is 0 Å². The van der Waals surface area contributed by atoms with Gasteiger partial charge in [0.1, 0.15) is 11.5 Å². The number of rotatable bonds is 12. The number of halogens is 2. The van der Waals surface area contributed by atoms with Crippen molar-refractivity contribution in [3.05, 3.63) is 102 Å². The van der Waals surface area contributed by atoms with Crippen LogP contribution in [0.1, 0.15) is 70.1 Å². The largest absolute Gasteiger partial charge is 0.358 e. The van der Waals surface area contributed by atoms with Gasteiger partial charge in [-0.15, -0.1) is 0 Å². The fourth-order valence-electron chi connectivity index (χ4n) is 4.88. The van der Waals surface area contributed by atoms with E-state index in [1.807, 2.05) is 18.2 Å². The maximum Gasteiger partial charge on any atom is 0.133 e. The number of nitrogens with one attached hydrogen (secondary N) is 2. The van der Waals surface area contributed by atoms with Crippen LogP contribution in [-0.4, -0.2) is 6.54 Å². The van der Waals surface area contributed by atoms with E-state index in [4.69, 9.17) is 0 Å². The highest BCUT2D eigenvalue weighted by Crippen LogP contribution is 2.34. The number of hydrogen-bond acceptors (Lipinski definition) is 3. The molecule has 3 nitrogen and oxygen atoms in total. The fraction of sp³-hybridized carbons (Fsp3) is 0.344. The summed E-state index contributed by atoms with van der Waals surface area (Å²) in [6, 6.07) is 22.8. The van der Waals surface area contributed by atoms with Gasteiger partial charge in [0.25, 0.3) is 0 Å². The molecule has 0 fully saturated rings. The average molecular weight is 502 g/mol. The van der Waals surface area contributed by atoms with Crippen molar-refractivity contribution in [1.82, 2.24) is 5.32 Å². The van der Waals surface area contributed by atoms with E-state index in [1.54, 1.807) is 12.1 Å². The second-order valence-electron chi connectivity index (χ2n) is 10.1. The molecule has 0 heterocycles. The first-order valence-corrected chi connectivity index (χ1v) is 12.9. The lowest BCUT2D eigenvalue weighted by atomic mass is 9.81. The zero-order valence-corrected chi connectivity index (χ0v) is 22.3. The molecule has 0 aliphatic heterocycles. The van der Waals surface area contributed by atoms with E-state index < -0.39 is 11.5 Å². The van der Waals surface area contributed by atoms with E-state index in [-0.39, 0.29) is 11.1 Å². The smallest absolute Gasteiger partial charge is 0.133 e. The molecular weight excluding hydrogens is 464 g/mol. The Kier molecular flexibility index (Phi) is 9.23. The lowest BCUT2D eigenvalue weighted by Crippen LogP contribution is -2.43. The molecule has 194 valence electrons. The molecule has 3 rings (SSSR count). The van der Waals surface area contributed by atoms with E-state index >= 15 is 0 Å². The Morgan fingerprint density at radius 1 is 0.946 bits per heavy atom. The zero-order chi connectivity index (χ0) is 27.1. The summed E-state index contributed by atoms with van der Waals surface area (Å²) in [6.45, 7) is 11.7. The average Bonchev–Trinajstić information content (AvgIpc) is 2.88. The van der Waals surface area contributed by atoms with Gasteiger partial charge in [0.2, 0.25) is 0 Å². The van der Waals surface area contributed by atoms with Gasteiger partial charge in [-0.05, 0) is 73.7 Å². The molecule has 0 amide bonds. The van der Waals surface area contributed by atoms with Gasteiger partial charge in [-0.25, -0.2) is 8.78 Å². The predicted octanol–water partition coefficient (Wildman–Crippen LogP) is 8.58. The number of hydrogen-bond donors (Lipinski definition) is 2.